The Morgan fingerprint density at radius 3 is 1.75 bits per heavy atom. The summed E-state index contributed by atoms with van der Waals surface area (Å²) < 4.78 is 0. The van der Waals surface area contributed by atoms with E-state index < -0.39 is 18.2 Å². The highest BCUT2D eigenvalue weighted by molar-refractivity contribution is 5.80. The number of carbonyl (C=O) groups is 1. The van der Waals surface area contributed by atoms with E-state index in [-0.39, 0.29) is 0 Å². The molecule has 0 fully saturated rings. The zero-order valence-corrected chi connectivity index (χ0v) is 4.40. The molecule has 1 atom stereocenters. The molecule has 8 heavy (non-hydrogen) atoms. The molecule has 0 bridgehead atoms. The Morgan fingerprint density at radius 1 is 1.38 bits per heavy atom. The summed E-state index contributed by atoms with van der Waals surface area (Å²) in [6.07, 6.45) is -3.61. The third-order valence-corrected chi connectivity index (χ3v) is 0.699. The molecule has 4 nitrogen and oxygen atoms in total. The van der Waals surface area contributed by atoms with E-state index in [9.17, 15) is 4.79 Å². The predicted octanol–water partition coefficient (Wildman–Crippen LogP) is -1.75. The van der Waals surface area contributed by atoms with Gasteiger partial charge in [0.15, 0.2) is 18.2 Å². The maximum Gasteiger partial charge on any atom is 0.185 e. The molecule has 0 rings (SSSR count). The van der Waals surface area contributed by atoms with Crippen molar-refractivity contribution in [3.8, 4) is 0 Å². The zero-order valence-electron chi connectivity index (χ0n) is 4.40. The molecule has 3 N–H and O–H groups in total. The van der Waals surface area contributed by atoms with Crippen LogP contribution >= 0.6 is 0 Å². The van der Waals surface area contributed by atoms with E-state index in [1.165, 1.54) is 0 Å². The Morgan fingerprint density at radius 2 is 1.75 bits per heavy atom. The van der Waals surface area contributed by atoms with Gasteiger partial charge >= 0.3 is 0 Å². The van der Waals surface area contributed by atoms with Gasteiger partial charge < -0.3 is 15.3 Å². The van der Waals surface area contributed by atoms with Crippen LogP contribution in [-0.2, 0) is 4.79 Å². The Balaban J connectivity index is 3.64. The SMILES string of the molecule is CC(=O)[C@H](O)C(O)O. The van der Waals surface area contributed by atoms with Crippen molar-refractivity contribution >= 4 is 5.78 Å². The second-order valence-corrected chi connectivity index (χ2v) is 1.47. The van der Waals surface area contributed by atoms with E-state index in [1.54, 1.807) is 0 Å². The third kappa shape index (κ3) is 2.02. The normalized spacial score (nSPS) is 14.1. The number of hydrogen-bond acceptors (Lipinski definition) is 4. The van der Waals surface area contributed by atoms with Crippen molar-refractivity contribution in [2.24, 2.45) is 0 Å². The molecular weight excluding hydrogens is 112 g/mol. The lowest BCUT2D eigenvalue weighted by Crippen LogP contribution is -2.31. The van der Waals surface area contributed by atoms with Gasteiger partial charge in [0.1, 0.15) is 0 Å². The molecule has 48 valence electrons. The maximum absolute atomic E-state index is 10.0. The topological polar surface area (TPSA) is 77.8 Å². The molecule has 0 aromatic carbocycles. The summed E-state index contributed by atoms with van der Waals surface area (Å²) in [5, 5.41) is 24.5. The Kier molecular flexibility index (Phi) is 2.60. The standard InChI is InChI=1S/C4H8O4/c1-2(5)3(6)4(7)8/h3-4,6-8H,1H3/t3-/m0/s1. The van der Waals surface area contributed by atoms with Crippen molar-refractivity contribution in [1.29, 1.82) is 0 Å². The average molecular weight is 120 g/mol. The van der Waals surface area contributed by atoms with Crippen LogP contribution in [0.15, 0.2) is 0 Å². The minimum absolute atomic E-state index is 0.653. The summed E-state index contributed by atoms with van der Waals surface area (Å²) in [5.74, 6) is -0.653. The van der Waals surface area contributed by atoms with Crippen molar-refractivity contribution in [3.63, 3.8) is 0 Å². The first kappa shape index (κ1) is 7.55. The first-order valence-electron chi connectivity index (χ1n) is 2.10. The summed E-state index contributed by atoms with van der Waals surface area (Å²) in [6, 6.07) is 0. The molecule has 0 spiro atoms. The number of rotatable bonds is 2. The molecule has 0 heterocycles. The molecule has 0 amide bonds. The van der Waals surface area contributed by atoms with Gasteiger partial charge in [0.05, 0.1) is 0 Å². The van der Waals surface area contributed by atoms with Gasteiger partial charge in [-0.2, -0.15) is 0 Å². The number of Topliss-reactive ketones (excluding diaryl/α,β-unsaturated/α-hetero) is 1. The monoisotopic (exact) mass is 120 g/mol. The molecule has 0 radical (unpaired) electrons. The van der Waals surface area contributed by atoms with Gasteiger partial charge in [-0.05, 0) is 6.92 Å². The quantitative estimate of drug-likeness (QED) is 0.377. The minimum Gasteiger partial charge on any atom is -0.380 e. The first-order valence-corrected chi connectivity index (χ1v) is 2.10. The van der Waals surface area contributed by atoms with E-state index in [0.29, 0.717) is 0 Å². The van der Waals surface area contributed by atoms with E-state index in [2.05, 4.69) is 0 Å². The highest BCUT2D eigenvalue weighted by Crippen LogP contribution is 1.88. The molecular formula is C4H8O4. The van der Waals surface area contributed by atoms with Gasteiger partial charge in [0, 0.05) is 0 Å². The van der Waals surface area contributed by atoms with Crippen molar-refractivity contribution in [3.05, 3.63) is 0 Å². The van der Waals surface area contributed by atoms with Crippen LogP contribution < -0.4 is 0 Å². The fourth-order valence-electron chi connectivity index (χ4n) is 0.210. The Bertz CT molecular complexity index is 88.0. The number of carbonyl (C=O) groups excluding carboxylic acids is 1. The second-order valence-electron chi connectivity index (χ2n) is 1.47. The van der Waals surface area contributed by atoms with Crippen LogP contribution in [0.25, 0.3) is 0 Å². The summed E-state index contributed by atoms with van der Waals surface area (Å²) in [7, 11) is 0. The third-order valence-electron chi connectivity index (χ3n) is 0.699. The van der Waals surface area contributed by atoms with Gasteiger partial charge in [-0.3, -0.25) is 4.79 Å². The van der Waals surface area contributed by atoms with Crippen LogP contribution in [0.5, 0.6) is 0 Å². The molecule has 0 saturated heterocycles. The highest BCUT2D eigenvalue weighted by Gasteiger charge is 2.16. The van der Waals surface area contributed by atoms with Crippen molar-refractivity contribution in [2.45, 2.75) is 19.3 Å². The van der Waals surface area contributed by atoms with Gasteiger partial charge in [0.25, 0.3) is 0 Å². The minimum atomic E-state index is -1.95. The lowest BCUT2D eigenvalue weighted by molar-refractivity contribution is -0.152. The van der Waals surface area contributed by atoms with Crippen LogP contribution in [-0.4, -0.2) is 33.5 Å². The number of aliphatic hydroxyl groups excluding tert-OH is 2. The van der Waals surface area contributed by atoms with Crippen LogP contribution in [0, 0.1) is 0 Å². The van der Waals surface area contributed by atoms with Crippen LogP contribution in [0.2, 0.25) is 0 Å². The predicted molar refractivity (Wildman–Crippen MR) is 24.9 cm³/mol. The van der Waals surface area contributed by atoms with E-state index in [0.717, 1.165) is 6.92 Å². The fraction of sp³-hybridized carbons (Fsp3) is 0.750. The van der Waals surface area contributed by atoms with Crippen LogP contribution in [0.1, 0.15) is 6.92 Å². The summed E-state index contributed by atoms with van der Waals surface area (Å²) in [6.45, 7) is 1.07. The van der Waals surface area contributed by atoms with Crippen molar-refractivity contribution in [2.75, 3.05) is 0 Å². The van der Waals surface area contributed by atoms with Gasteiger partial charge in [0.2, 0.25) is 0 Å². The molecule has 0 aromatic rings. The summed E-state index contributed by atoms with van der Waals surface area (Å²) in [5.41, 5.74) is 0. The second kappa shape index (κ2) is 2.76. The van der Waals surface area contributed by atoms with E-state index in [4.69, 9.17) is 15.3 Å². The van der Waals surface area contributed by atoms with Crippen molar-refractivity contribution in [1.82, 2.24) is 0 Å². The Hall–Kier alpha value is -0.450. The van der Waals surface area contributed by atoms with Gasteiger partial charge in [-0.25, -0.2) is 0 Å². The van der Waals surface area contributed by atoms with Gasteiger partial charge in [-0.1, -0.05) is 0 Å². The molecule has 0 aliphatic rings. The van der Waals surface area contributed by atoms with Crippen molar-refractivity contribution < 1.29 is 20.1 Å². The number of ketones is 1. The summed E-state index contributed by atoms with van der Waals surface area (Å²) in [4.78, 5) is 10.0. The zero-order chi connectivity index (χ0) is 6.73. The highest BCUT2D eigenvalue weighted by atomic mass is 16.5. The Labute approximate surface area is 46.4 Å². The first-order chi connectivity index (χ1) is 3.55. The fourth-order valence-corrected chi connectivity index (χ4v) is 0.210. The maximum atomic E-state index is 10.0. The van der Waals surface area contributed by atoms with Crippen LogP contribution in [0.4, 0.5) is 0 Å². The molecule has 0 aliphatic carbocycles. The number of aliphatic hydroxyl groups is 3. The van der Waals surface area contributed by atoms with Crippen LogP contribution in [0.3, 0.4) is 0 Å². The van der Waals surface area contributed by atoms with E-state index in [1.807, 2.05) is 0 Å². The number of hydrogen-bond donors (Lipinski definition) is 3. The lowest BCUT2D eigenvalue weighted by atomic mass is 10.2. The molecule has 4 heteroatoms. The smallest absolute Gasteiger partial charge is 0.185 e. The van der Waals surface area contributed by atoms with E-state index >= 15 is 0 Å². The average Bonchev–Trinajstić information content (AvgIpc) is 1.64. The molecule has 0 aromatic heterocycles. The summed E-state index contributed by atoms with van der Waals surface area (Å²) >= 11 is 0. The molecule has 0 unspecified atom stereocenters. The lowest BCUT2D eigenvalue weighted by Gasteiger charge is -2.06. The largest absolute Gasteiger partial charge is 0.380 e. The van der Waals surface area contributed by atoms with Gasteiger partial charge in [-0.15, -0.1) is 0 Å². The molecule has 0 aliphatic heterocycles. The molecule has 0 saturated carbocycles.